The molecule has 0 atom stereocenters. The number of primary amides is 1. The van der Waals surface area contributed by atoms with Gasteiger partial charge in [-0.05, 0) is 73.7 Å². The third kappa shape index (κ3) is 3.79. The maximum Gasteiger partial charge on any atom is 0.269 e. The van der Waals surface area contributed by atoms with Crippen molar-refractivity contribution in [2.45, 2.75) is 24.7 Å². The van der Waals surface area contributed by atoms with E-state index in [-0.39, 0.29) is 0 Å². The number of carbonyl (C=O) groups excluding carboxylic acids is 1. The quantitative estimate of drug-likeness (QED) is 0.252. The summed E-state index contributed by atoms with van der Waals surface area (Å²) >= 11 is 1.57. The number of nitrogen functional groups attached to an aromatic ring is 1. The second-order valence-electron chi connectivity index (χ2n) is 6.88. The molecule has 1 aliphatic rings. The predicted molar refractivity (Wildman–Crippen MR) is 118 cm³/mol. The normalized spacial score (nSPS) is 12.7. The zero-order valence-electron chi connectivity index (χ0n) is 16.2. The van der Waals surface area contributed by atoms with Gasteiger partial charge in [0.05, 0.1) is 11.4 Å². The van der Waals surface area contributed by atoms with Gasteiger partial charge in [-0.15, -0.1) is 0 Å². The third-order valence-corrected chi connectivity index (χ3v) is 5.78. The predicted octanol–water partition coefficient (Wildman–Crippen LogP) is 3.49. The Hall–Kier alpha value is -3.03. The first-order valence-corrected chi connectivity index (χ1v) is 10.3. The number of carbonyl (C=O) groups is 1. The lowest BCUT2D eigenvalue weighted by Crippen LogP contribution is -2.15. The molecule has 0 spiro atoms. The van der Waals surface area contributed by atoms with Crippen molar-refractivity contribution in [3.05, 3.63) is 71.4 Å². The van der Waals surface area contributed by atoms with Crippen molar-refractivity contribution in [3.63, 3.8) is 0 Å². The largest absolute Gasteiger partial charge is 0.399 e. The van der Waals surface area contributed by atoms with Crippen molar-refractivity contribution in [3.8, 4) is 16.9 Å². The van der Waals surface area contributed by atoms with E-state index in [1.54, 1.807) is 11.9 Å². The summed E-state index contributed by atoms with van der Waals surface area (Å²) < 4.78 is 5.10. The molecule has 0 bridgehead atoms. The maximum atomic E-state index is 12.0. The van der Waals surface area contributed by atoms with Crippen LogP contribution in [0.2, 0.25) is 0 Å². The first-order chi connectivity index (χ1) is 14.1. The molecule has 0 aliphatic heterocycles. The molecular weight excluding hydrogens is 382 g/mol. The Bertz CT molecular complexity index is 1090. The molecule has 2 aromatic carbocycles. The van der Waals surface area contributed by atoms with Gasteiger partial charge in [0, 0.05) is 28.3 Å². The number of hydrogen-bond acceptors (Lipinski definition) is 5. The number of hydrogen-bond donors (Lipinski definition) is 3. The number of anilines is 1. The van der Waals surface area contributed by atoms with E-state index >= 15 is 0 Å². The van der Waals surface area contributed by atoms with Gasteiger partial charge in [-0.3, -0.25) is 9.52 Å². The molecule has 0 fully saturated rings. The smallest absolute Gasteiger partial charge is 0.269 e. The Morgan fingerprint density at radius 3 is 2.76 bits per heavy atom. The van der Waals surface area contributed by atoms with Crippen molar-refractivity contribution >= 4 is 23.5 Å². The van der Waals surface area contributed by atoms with Crippen LogP contribution in [0.3, 0.4) is 0 Å². The standard InChI is InChI=1S/C22H23N5OS/c1-2-3-12-25-29-17-9-7-16(8-10-17)27-21-18(20(26-27)22(24)28)11-5-14-4-6-15(23)13-19(14)21/h2-4,6-10,13,25H,5,11-12,23H2,1H3,(H2,24,28)/b3-2-. The van der Waals surface area contributed by atoms with Gasteiger partial charge in [-0.2, -0.15) is 5.10 Å². The second-order valence-corrected chi connectivity index (χ2v) is 7.85. The molecule has 7 heteroatoms. The van der Waals surface area contributed by atoms with Gasteiger partial charge in [0.1, 0.15) is 0 Å². The number of aromatic nitrogens is 2. The van der Waals surface area contributed by atoms with E-state index in [1.165, 1.54) is 5.56 Å². The summed E-state index contributed by atoms with van der Waals surface area (Å²) in [5.41, 5.74) is 17.6. The topological polar surface area (TPSA) is 99.0 Å². The van der Waals surface area contributed by atoms with Gasteiger partial charge in [-0.1, -0.05) is 18.2 Å². The van der Waals surface area contributed by atoms with Gasteiger partial charge in [0.2, 0.25) is 0 Å². The Morgan fingerprint density at radius 1 is 1.24 bits per heavy atom. The molecule has 1 aliphatic carbocycles. The SMILES string of the molecule is C/C=C\CNSc1ccc(-n2nc(C(N)=O)c3c2-c2cc(N)ccc2CC3)cc1. The fraction of sp³-hybridized carbons (Fsp3) is 0.182. The summed E-state index contributed by atoms with van der Waals surface area (Å²) in [4.78, 5) is 13.1. The Kier molecular flexibility index (Phi) is 5.42. The van der Waals surface area contributed by atoms with Crippen LogP contribution in [0.15, 0.2) is 59.5 Å². The molecule has 4 rings (SSSR count). The van der Waals surface area contributed by atoms with E-state index in [0.717, 1.165) is 46.8 Å². The minimum Gasteiger partial charge on any atom is -0.399 e. The summed E-state index contributed by atoms with van der Waals surface area (Å²) in [6.07, 6.45) is 5.64. The summed E-state index contributed by atoms with van der Waals surface area (Å²) in [6.45, 7) is 2.80. The molecule has 148 valence electrons. The van der Waals surface area contributed by atoms with Gasteiger partial charge < -0.3 is 11.5 Å². The summed E-state index contributed by atoms with van der Waals surface area (Å²) in [5, 5.41) is 4.58. The Morgan fingerprint density at radius 2 is 2.03 bits per heavy atom. The number of amides is 1. The van der Waals surface area contributed by atoms with Crippen LogP contribution in [0, 0.1) is 0 Å². The molecule has 29 heavy (non-hydrogen) atoms. The first kappa shape index (κ1) is 19.3. The van der Waals surface area contributed by atoms with Gasteiger partial charge in [-0.25, -0.2) is 4.68 Å². The van der Waals surface area contributed by atoms with Crippen molar-refractivity contribution in [2.75, 3.05) is 12.3 Å². The summed E-state index contributed by atoms with van der Waals surface area (Å²) in [7, 11) is 0. The molecule has 1 aromatic heterocycles. The lowest BCUT2D eigenvalue weighted by molar-refractivity contribution is 0.0994. The van der Waals surface area contributed by atoms with Crippen LogP contribution in [0.4, 0.5) is 5.69 Å². The minimum absolute atomic E-state index is 0.333. The average Bonchev–Trinajstić information content (AvgIpc) is 3.12. The number of nitrogens with one attached hydrogen (secondary N) is 1. The van der Waals surface area contributed by atoms with E-state index in [4.69, 9.17) is 11.5 Å². The van der Waals surface area contributed by atoms with Crippen LogP contribution in [0.5, 0.6) is 0 Å². The van der Waals surface area contributed by atoms with E-state index in [1.807, 2.05) is 60.1 Å². The Labute approximate surface area is 174 Å². The van der Waals surface area contributed by atoms with E-state index < -0.39 is 5.91 Å². The molecule has 3 aromatic rings. The summed E-state index contributed by atoms with van der Waals surface area (Å²) in [5.74, 6) is -0.507. The van der Waals surface area contributed by atoms with E-state index in [2.05, 4.69) is 15.9 Å². The zero-order valence-corrected chi connectivity index (χ0v) is 17.0. The number of aryl methyl sites for hydroxylation is 1. The third-order valence-electron chi connectivity index (χ3n) is 4.96. The first-order valence-electron chi connectivity index (χ1n) is 9.50. The van der Waals surface area contributed by atoms with Crippen LogP contribution >= 0.6 is 11.9 Å². The van der Waals surface area contributed by atoms with Crippen molar-refractivity contribution in [2.24, 2.45) is 5.73 Å². The highest BCUT2D eigenvalue weighted by Gasteiger charge is 2.28. The van der Waals surface area contributed by atoms with Crippen LogP contribution in [-0.4, -0.2) is 22.2 Å². The number of nitrogens with zero attached hydrogens (tertiary/aromatic N) is 2. The molecule has 1 heterocycles. The van der Waals surface area contributed by atoms with Gasteiger partial charge in [0.25, 0.3) is 5.91 Å². The molecule has 1 amide bonds. The fourth-order valence-corrected chi connectivity index (χ4v) is 4.21. The van der Waals surface area contributed by atoms with Crippen molar-refractivity contribution in [1.29, 1.82) is 0 Å². The zero-order chi connectivity index (χ0) is 20.4. The number of rotatable bonds is 6. The van der Waals surface area contributed by atoms with Crippen LogP contribution in [0.1, 0.15) is 28.5 Å². The number of benzene rings is 2. The summed E-state index contributed by atoms with van der Waals surface area (Å²) in [6, 6.07) is 14.0. The van der Waals surface area contributed by atoms with Crippen molar-refractivity contribution in [1.82, 2.24) is 14.5 Å². The van der Waals surface area contributed by atoms with E-state index in [9.17, 15) is 4.79 Å². The molecule has 0 saturated carbocycles. The molecule has 6 nitrogen and oxygen atoms in total. The monoisotopic (exact) mass is 405 g/mol. The number of nitrogens with two attached hydrogens (primary N) is 2. The fourth-order valence-electron chi connectivity index (χ4n) is 3.59. The van der Waals surface area contributed by atoms with Gasteiger partial charge >= 0.3 is 0 Å². The van der Waals surface area contributed by atoms with Gasteiger partial charge in [0.15, 0.2) is 5.69 Å². The average molecular weight is 406 g/mol. The van der Waals surface area contributed by atoms with Crippen molar-refractivity contribution < 1.29 is 4.79 Å². The maximum absolute atomic E-state index is 12.0. The minimum atomic E-state index is -0.507. The molecule has 0 saturated heterocycles. The highest BCUT2D eigenvalue weighted by Crippen LogP contribution is 2.38. The van der Waals surface area contributed by atoms with Crippen LogP contribution in [0.25, 0.3) is 16.9 Å². The number of allylic oxidation sites excluding steroid dienone is 1. The van der Waals surface area contributed by atoms with E-state index in [0.29, 0.717) is 11.4 Å². The molecule has 0 unspecified atom stereocenters. The molecule has 0 radical (unpaired) electrons. The molecular formula is C22H23N5OS. The van der Waals surface area contributed by atoms with Crippen LogP contribution in [-0.2, 0) is 12.8 Å². The highest BCUT2D eigenvalue weighted by molar-refractivity contribution is 7.97. The number of fused-ring (bicyclic) bond motifs is 3. The lowest BCUT2D eigenvalue weighted by Gasteiger charge is -2.19. The van der Waals surface area contributed by atoms with Crippen LogP contribution < -0.4 is 16.2 Å². The Balaban J connectivity index is 1.74. The lowest BCUT2D eigenvalue weighted by atomic mass is 9.88. The second kappa shape index (κ2) is 8.14. The highest BCUT2D eigenvalue weighted by atomic mass is 32.2. The molecule has 5 N–H and O–H groups in total.